The molecule has 0 radical (unpaired) electrons. The number of aromatic nitrogens is 1. The minimum atomic E-state index is -0.152. The fourth-order valence-electron chi connectivity index (χ4n) is 2.33. The van der Waals surface area contributed by atoms with Crippen LogP contribution in [0.1, 0.15) is 15.9 Å². The van der Waals surface area contributed by atoms with Crippen molar-refractivity contribution in [2.45, 2.75) is 6.92 Å². The lowest BCUT2D eigenvalue weighted by atomic mass is 10.1. The van der Waals surface area contributed by atoms with E-state index in [2.05, 4.69) is 26.2 Å². The number of ether oxygens (including phenoxy) is 1. The highest BCUT2D eigenvalue weighted by atomic mass is 79.9. The van der Waals surface area contributed by atoms with Gasteiger partial charge >= 0.3 is 0 Å². The second-order valence-electron chi connectivity index (χ2n) is 5.05. The van der Waals surface area contributed by atoms with E-state index in [-0.39, 0.29) is 5.91 Å². The molecule has 0 aliphatic heterocycles. The molecule has 1 aromatic heterocycles. The first-order valence-electron chi connectivity index (χ1n) is 6.81. The number of carbonyl (C=O) groups is 1. The number of anilines is 1. The first-order chi connectivity index (χ1) is 10.6. The molecular formula is C17H15BrN2O2. The molecular weight excluding hydrogens is 344 g/mol. The summed E-state index contributed by atoms with van der Waals surface area (Å²) in [7, 11) is 1.62. The molecule has 0 aliphatic rings. The summed E-state index contributed by atoms with van der Waals surface area (Å²) < 4.78 is 6.05. The number of benzene rings is 2. The van der Waals surface area contributed by atoms with Gasteiger partial charge in [-0.25, -0.2) is 0 Å². The molecule has 112 valence electrons. The molecule has 0 aliphatic carbocycles. The third-order valence-electron chi connectivity index (χ3n) is 3.51. The smallest absolute Gasteiger partial charge is 0.257 e. The molecule has 0 spiro atoms. The summed E-state index contributed by atoms with van der Waals surface area (Å²) in [5.74, 6) is 0.601. The third-order valence-corrected chi connectivity index (χ3v) is 4.16. The lowest BCUT2D eigenvalue weighted by Crippen LogP contribution is -2.11. The number of aryl methyl sites for hydroxylation is 1. The first kappa shape index (κ1) is 14.7. The lowest BCUT2D eigenvalue weighted by Gasteiger charge is -2.07. The highest BCUT2D eigenvalue weighted by Gasteiger charge is 2.14. The molecule has 3 rings (SSSR count). The number of methoxy groups -OCH3 is 1. The van der Waals surface area contributed by atoms with Crippen LogP contribution in [0.3, 0.4) is 0 Å². The van der Waals surface area contributed by atoms with Crippen molar-refractivity contribution in [3.05, 3.63) is 58.2 Å². The second-order valence-corrected chi connectivity index (χ2v) is 5.91. The Hall–Kier alpha value is -2.27. The summed E-state index contributed by atoms with van der Waals surface area (Å²) in [6, 6.07) is 11.4. The molecule has 3 aromatic rings. The first-order valence-corrected chi connectivity index (χ1v) is 7.60. The van der Waals surface area contributed by atoms with Crippen LogP contribution in [0, 0.1) is 6.92 Å². The van der Waals surface area contributed by atoms with Crippen molar-refractivity contribution >= 4 is 38.4 Å². The van der Waals surface area contributed by atoms with Crippen LogP contribution in [0.25, 0.3) is 10.9 Å². The van der Waals surface area contributed by atoms with E-state index in [9.17, 15) is 4.79 Å². The van der Waals surface area contributed by atoms with Crippen molar-refractivity contribution in [1.29, 1.82) is 0 Å². The largest absolute Gasteiger partial charge is 0.497 e. The molecule has 2 aromatic carbocycles. The fourth-order valence-corrected chi connectivity index (χ4v) is 2.92. The molecule has 1 amide bonds. The molecule has 0 atom stereocenters. The SMILES string of the molecule is COc1ccc2c(C(=O)Nc3ccc(C)cc3Br)c[nH]c2c1. The number of halogens is 1. The van der Waals surface area contributed by atoms with Gasteiger partial charge in [0.1, 0.15) is 5.75 Å². The summed E-state index contributed by atoms with van der Waals surface area (Å²) in [4.78, 5) is 15.6. The average Bonchev–Trinajstić information content (AvgIpc) is 2.93. The lowest BCUT2D eigenvalue weighted by molar-refractivity contribution is 0.102. The Kier molecular flexibility index (Phi) is 3.90. The number of fused-ring (bicyclic) bond motifs is 1. The number of aromatic amines is 1. The normalized spacial score (nSPS) is 10.7. The van der Waals surface area contributed by atoms with E-state index in [1.165, 1.54) is 0 Å². The van der Waals surface area contributed by atoms with Gasteiger partial charge in [-0.3, -0.25) is 4.79 Å². The fraction of sp³-hybridized carbons (Fsp3) is 0.118. The average molecular weight is 359 g/mol. The number of H-pyrrole nitrogens is 1. The molecule has 0 bridgehead atoms. The zero-order valence-corrected chi connectivity index (χ0v) is 13.8. The van der Waals surface area contributed by atoms with E-state index >= 15 is 0 Å². The number of hydrogen-bond donors (Lipinski definition) is 2. The number of hydrogen-bond acceptors (Lipinski definition) is 2. The minimum Gasteiger partial charge on any atom is -0.497 e. The van der Waals surface area contributed by atoms with Gasteiger partial charge in [0.05, 0.1) is 18.4 Å². The maximum Gasteiger partial charge on any atom is 0.257 e. The Morgan fingerprint density at radius 1 is 1.23 bits per heavy atom. The van der Waals surface area contributed by atoms with E-state index in [4.69, 9.17) is 4.74 Å². The van der Waals surface area contributed by atoms with Crippen molar-refractivity contribution < 1.29 is 9.53 Å². The van der Waals surface area contributed by atoms with E-state index in [0.29, 0.717) is 5.56 Å². The Morgan fingerprint density at radius 3 is 2.77 bits per heavy atom. The van der Waals surface area contributed by atoms with Crippen LogP contribution < -0.4 is 10.1 Å². The summed E-state index contributed by atoms with van der Waals surface area (Å²) in [6.07, 6.45) is 1.71. The molecule has 0 fully saturated rings. The Morgan fingerprint density at radius 2 is 2.05 bits per heavy atom. The molecule has 5 heteroatoms. The summed E-state index contributed by atoms with van der Waals surface area (Å²) in [6.45, 7) is 2.00. The summed E-state index contributed by atoms with van der Waals surface area (Å²) >= 11 is 3.47. The van der Waals surface area contributed by atoms with Crippen LogP contribution in [0.4, 0.5) is 5.69 Å². The van der Waals surface area contributed by atoms with Crippen LogP contribution in [0.5, 0.6) is 5.75 Å². The zero-order valence-electron chi connectivity index (χ0n) is 12.2. The molecule has 0 unspecified atom stereocenters. The highest BCUT2D eigenvalue weighted by molar-refractivity contribution is 9.10. The van der Waals surface area contributed by atoms with Gasteiger partial charge in [0.15, 0.2) is 0 Å². The van der Waals surface area contributed by atoms with Crippen molar-refractivity contribution in [3.8, 4) is 5.75 Å². The van der Waals surface area contributed by atoms with Crippen molar-refractivity contribution in [2.75, 3.05) is 12.4 Å². The van der Waals surface area contributed by atoms with E-state index in [0.717, 1.165) is 32.4 Å². The minimum absolute atomic E-state index is 0.152. The van der Waals surface area contributed by atoms with E-state index in [1.54, 1.807) is 13.3 Å². The van der Waals surface area contributed by atoms with Gasteiger partial charge < -0.3 is 15.0 Å². The molecule has 1 heterocycles. The van der Waals surface area contributed by atoms with Crippen LogP contribution in [-0.4, -0.2) is 18.0 Å². The molecule has 22 heavy (non-hydrogen) atoms. The van der Waals surface area contributed by atoms with Gasteiger partial charge in [-0.05, 0) is 52.7 Å². The molecule has 2 N–H and O–H groups in total. The Balaban J connectivity index is 1.92. The predicted octanol–water partition coefficient (Wildman–Crippen LogP) is 4.50. The van der Waals surface area contributed by atoms with Gasteiger partial charge in [0.25, 0.3) is 5.91 Å². The van der Waals surface area contributed by atoms with Gasteiger partial charge in [0.2, 0.25) is 0 Å². The van der Waals surface area contributed by atoms with E-state index in [1.807, 2.05) is 43.3 Å². The van der Waals surface area contributed by atoms with Gasteiger partial charge in [-0.2, -0.15) is 0 Å². The molecule has 0 saturated carbocycles. The second kappa shape index (κ2) is 5.85. The van der Waals surface area contributed by atoms with Crippen molar-refractivity contribution in [3.63, 3.8) is 0 Å². The van der Waals surface area contributed by atoms with Crippen LogP contribution in [0.2, 0.25) is 0 Å². The van der Waals surface area contributed by atoms with Crippen molar-refractivity contribution in [1.82, 2.24) is 4.98 Å². The summed E-state index contributed by atoms with van der Waals surface area (Å²) in [5.41, 5.74) is 3.35. The Labute approximate surface area is 136 Å². The number of carbonyl (C=O) groups excluding carboxylic acids is 1. The maximum atomic E-state index is 12.5. The van der Waals surface area contributed by atoms with Crippen molar-refractivity contribution in [2.24, 2.45) is 0 Å². The zero-order chi connectivity index (χ0) is 15.7. The van der Waals surface area contributed by atoms with Gasteiger partial charge in [-0.15, -0.1) is 0 Å². The number of rotatable bonds is 3. The quantitative estimate of drug-likeness (QED) is 0.724. The van der Waals surface area contributed by atoms with Crippen LogP contribution in [0.15, 0.2) is 47.1 Å². The number of nitrogens with one attached hydrogen (secondary N) is 2. The predicted molar refractivity (Wildman–Crippen MR) is 91.7 cm³/mol. The maximum absolute atomic E-state index is 12.5. The number of amides is 1. The topological polar surface area (TPSA) is 54.1 Å². The monoisotopic (exact) mass is 358 g/mol. The van der Waals surface area contributed by atoms with Crippen LogP contribution >= 0.6 is 15.9 Å². The standard InChI is InChI=1S/C17H15BrN2O2/c1-10-3-6-15(14(18)7-10)20-17(21)13-9-19-16-8-11(22-2)4-5-12(13)16/h3-9,19H,1-2H3,(H,20,21). The van der Waals surface area contributed by atoms with Gasteiger partial charge in [-0.1, -0.05) is 6.07 Å². The molecule has 4 nitrogen and oxygen atoms in total. The molecule has 0 saturated heterocycles. The Bertz CT molecular complexity index is 855. The van der Waals surface area contributed by atoms with Crippen LogP contribution in [-0.2, 0) is 0 Å². The highest BCUT2D eigenvalue weighted by Crippen LogP contribution is 2.26. The van der Waals surface area contributed by atoms with E-state index < -0.39 is 0 Å². The summed E-state index contributed by atoms with van der Waals surface area (Å²) in [5, 5.41) is 3.79. The van der Waals surface area contributed by atoms with Gasteiger partial charge in [0, 0.05) is 27.6 Å². The third kappa shape index (κ3) is 2.72.